The van der Waals surface area contributed by atoms with Crippen molar-refractivity contribution in [3.8, 4) is 0 Å². The van der Waals surface area contributed by atoms with Crippen molar-refractivity contribution in [2.75, 3.05) is 20.3 Å². The quantitative estimate of drug-likeness (QED) is 0.632. The van der Waals surface area contributed by atoms with Crippen molar-refractivity contribution in [3.63, 3.8) is 0 Å². The number of hydrogen-bond acceptors (Lipinski definition) is 4. The Labute approximate surface area is 118 Å². The molecule has 0 aromatic heterocycles. The highest BCUT2D eigenvalue weighted by Crippen LogP contribution is 2.11. The first-order valence-corrected chi connectivity index (χ1v) is 7.16. The molecule has 0 aromatic carbocycles. The maximum Gasteiger partial charge on any atom is 0.0977 e. The lowest BCUT2D eigenvalue weighted by atomic mass is 10.1. The van der Waals surface area contributed by atoms with Crippen LogP contribution >= 0.6 is 0 Å². The molecule has 0 spiro atoms. The summed E-state index contributed by atoms with van der Waals surface area (Å²) in [6.07, 6.45) is 1.40. The molecule has 0 saturated heterocycles. The Morgan fingerprint density at radius 3 is 2.32 bits per heavy atom. The van der Waals surface area contributed by atoms with E-state index in [2.05, 4.69) is 18.8 Å². The zero-order valence-corrected chi connectivity index (χ0v) is 13.5. The third-order valence-corrected chi connectivity index (χ3v) is 3.09. The molecule has 4 nitrogen and oxygen atoms in total. The van der Waals surface area contributed by atoms with Crippen LogP contribution in [0.25, 0.3) is 0 Å². The number of rotatable bonds is 9. The van der Waals surface area contributed by atoms with Crippen molar-refractivity contribution in [2.24, 2.45) is 0 Å². The molecular formula is C15H32N2O2. The van der Waals surface area contributed by atoms with E-state index in [-0.39, 0.29) is 17.7 Å². The van der Waals surface area contributed by atoms with Crippen molar-refractivity contribution in [3.05, 3.63) is 12.3 Å². The minimum atomic E-state index is -0.301. The van der Waals surface area contributed by atoms with Crippen molar-refractivity contribution < 1.29 is 9.84 Å². The molecule has 0 rings (SSSR count). The Bertz CT molecular complexity index is 261. The van der Waals surface area contributed by atoms with E-state index in [0.717, 1.165) is 18.5 Å². The number of aliphatic hydroxyl groups excluding tert-OH is 1. The van der Waals surface area contributed by atoms with Gasteiger partial charge in [0, 0.05) is 25.3 Å². The van der Waals surface area contributed by atoms with Crippen LogP contribution in [0.4, 0.5) is 0 Å². The van der Waals surface area contributed by atoms with Crippen molar-refractivity contribution in [1.82, 2.24) is 10.2 Å². The molecule has 0 heterocycles. The first kappa shape index (κ1) is 18.4. The van der Waals surface area contributed by atoms with Crippen LogP contribution in [0.5, 0.6) is 0 Å². The fraction of sp³-hybridized carbons (Fsp3) is 0.867. The Balaban J connectivity index is 4.23. The summed E-state index contributed by atoms with van der Waals surface area (Å²) in [6.45, 7) is 15.5. The van der Waals surface area contributed by atoms with Gasteiger partial charge in [0.15, 0.2) is 0 Å². The average molecular weight is 272 g/mol. The fourth-order valence-corrected chi connectivity index (χ4v) is 1.69. The van der Waals surface area contributed by atoms with E-state index < -0.39 is 0 Å². The van der Waals surface area contributed by atoms with E-state index in [1.54, 1.807) is 0 Å². The molecule has 19 heavy (non-hydrogen) atoms. The van der Waals surface area contributed by atoms with Gasteiger partial charge in [-0.15, -0.1) is 0 Å². The average Bonchev–Trinajstić information content (AvgIpc) is 2.32. The van der Waals surface area contributed by atoms with Gasteiger partial charge < -0.3 is 14.7 Å². The number of nitrogens with one attached hydrogen (secondary N) is 1. The van der Waals surface area contributed by atoms with Crippen LogP contribution < -0.4 is 5.32 Å². The number of nitrogens with zero attached hydrogens (tertiary/aromatic N) is 1. The van der Waals surface area contributed by atoms with Gasteiger partial charge in [-0.05, 0) is 33.6 Å². The second-order valence-corrected chi connectivity index (χ2v) is 6.00. The zero-order chi connectivity index (χ0) is 15.1. The van der Waals surface area contributed by atoms with Crippen LogP contribution in [0.3, 0.4) is 0 Å². The molecule has 0 amide bonds. The maximum absolute atomic E-state index is 9.69. The van der Waals surface area contributed by atoms with E-state index in [1.165, 1.54) is 0 Å². The molecule has 2 unspecified atom stereocenters. The van der Waals surface area contributed by atoms with Crippen LogP contribution in [0.1, 0.15) is 47.5 Å². The SMILES string of the molecule is C=C(C(CC)NCOC(C)(C)C)N(C)CC(O)CC. The molecule has 0 aliphatic rings. The van der Waals surface area contributed by atoms with E-state index in [1.807, 2.05) is 39.6 Å². The first-order chi connectivity index (χ1) is 8.71. The van der Waals surface area contributed by atoms with E-state index >= 15 is 0 Å². The molecule has 0 aliphatic heterocycles. The molecule has 0 aliphatic carbocycles. The largest absolute Gasteiger partial charge is 0.391 e. The summed E-state index contributed by atoms with van der Waals surface area (Å²) in [7, 11) is 1.97. The lowest BCUT2D eigenvalue weighted by molar-refractivity contribution is -0.0169. The Kier molecular flexibility index (Phi) is 8.30. The molecule has 0 aromatic rings. The van der Waals surface area contributed by atoms with E-state index in [9.17, 15) is 5.11 Å². The second kappa shape index (κ2) is 8.56. The highest BCUT2D eigenvalue weighted by atomic mass is 16.5. The molecule has 0 fully saturated rings. The monoisotopic (exact) mass is 272 g/mol. The summed E-state index contributed by atoms with van der Waals surface area (Å²) in [6, 6.07) is 0.177. The number of ether oxygens (including phenoxy) is 1. The molecule has 4 heteroatoms. The lowest BCUT2D eigenvalue weighted by Gasteiger charge is -2.31. The van der Waals surface area contributed by atoms with E-state index in [4.69, 9.17) is 4.74 Å². The maximum atomic E-state index is 9.69. The van der Waals surface area contributed by atoms with Crippen LogP contribution in [-0.4, -0.2) is 48.1 Å². The smallest absolute Gasteiger partial charge is 0.0977 e. The van der Waals surface area contributed by atoms with Gasteiger partial charge in [-0.25, -0.2) is 0 Å². The van der Waals surface area contributed by atoms with Gasteiger partial charge in [0.05, 0.1) is 18.4 Å². The minimum Gasteiger partial charge on any atom is -0.391 e. The molecule has 2 atom stereocenters. The molecule has 0 radical (unpaired) electrons. The standard InChI is InChI=1S/C15H32N2O2/c1-8-13(18)10-17(7)12(3)14(9-2)16-11-19-15(4,5)6/h13-14,16,18H,3,8-11H2,1-2,4-7H3. The van der Waals surface area contributed by atoms with Crippen molar-refractivity contribution in [2.45, 2.75) is 65.2 Å². The summed E-state index contributed by atoms with van der Waals surface area (Å²) < 4.78 is 5.67. The first-order valence-electron chi connectivity index (χ1n) is 7.16. The molecule has 114 valence electrons. The van der Waals surface area contributed by atoms with Crippen LogP contribution in [0.2, 0.25) is 0 Å². The highest BCUT2D eigenvalue weighted by Gasteiger charge is 2.17. The van der Waals surface area contributed by atoms with Gasteiger partial charge in [0.1, 0.15) is 0 Å². The fourth-order valence-electron chi connectivity index (χ4n) is 1.69. The summed E-state index contributed by atoms with van der Waals surface area (Å²) in [4.78, 5) is 2.02. The van der Waals surface area contributed by atoms with Gasteiger partial charge >= 0.3 is 0 Å². The predicted molar refractivity (Wildman–Crippen MR) is 81.0 cm³/mol. The molecule has 2 N–H and O–H groups in total. The summed E-state index contributed by atoms with van der Waals surface area (Å²) in [5.41, 5.74) is 0.851. The summed E-state index contributed by atoms with van der Waals surface area (Å²) in [5.74, 6) is 0. The Morgan fingerprint density at radius 1 is 1.32 bits per heavy atom. The van der Waals surface area contributed by atoms with Gasteiger partial charge in [-0.1, -0.05) is 20.4 Å². The number of hydrogen-bond donors (Lipinski definition) is 2. The third kappa shape index (κ3) is 8.24. The van der Waals surface area contributed by atoms with Gasteiger partial charge in [-0.3, -0.25) is 5.32 Å². The second-order valence-electron chi connectivity index (χ2n) is 6.00. The van der Waals surface area contributed by atoms with Gasteiger partial charge in [0.25, 0.3) is 0 Å². The van der Waals surface area contributed by atoms with Crippen molar-refractivity contribution >= 4 is 0 Å². The van der Waals surface area contributed by atoms with Crippen LogP contribution in [0.15, 0.2) is 12.3 Å². The predicted octanol–water partition coefficient (Wildman–Crippen LogP) is 2.34. The Hall–Kier alpha value is -0.580. The topological polar surface area (TPSA) is 44.7 Å². The van der Waals surface area contributed by atoms with Gasteiger partial charge in [0.2, 0.25) is 0 Å². The molecular weight excluding hydrogens is 240 g/mol. The van der Waals surface area contributed by atoms with Crippen LogP contribution in [0, 0.1) is 0 Å². The third-order valence-electron chi connectivity index (χ3n) is 3.09. The summed E-state index contributed by atoms with van der Waals surface area (Å²) >= 11 is 0. The van der Waals surface area contributed by atoms with Gasteiger partial charge in [-0.2, -0.15) is 0 Å². The highest BCUT2D eigenvalue weighted by molar-refractivity contribution is 5.03. The number of aliphatic hydroxyl groups is 1. The Morgan fingerprint density at radius 2 is 1.89 bits per heavy atom. The normalized spacial score (nSPS) is 15.1. The zero-order valence-electron chi connectivity index (χ0n) is 13.5. The number of likely N-dealkylation sites (N-methyl/N-ethyl adjacent to an activating group) is 1. The van der Waals surface area contributed by atoms with Crippen molar-refractivity contribution in [1.29, 1.82) is 0 Å². The minimum absolute atomic E-state index is 0.142. The molecule has 0 saturated carbocycles. The lowest BCUT2D eigenvalue weighted by Crippen LogP contribution is -2.41. The summed E-state index contributed by atoms with van der Waals surface area (Å²) in [5, 5.41) is 13.0. The van der Waals surface area contributed by atoms with E-state index in [0.29, 0.717) is 13.3 Å². The molecule has 0 bridgehead atoms. The van der Waals surface area contributed by atoms with Crippen LogP contribution in [-0.2, 0) is 4.74 Å².